The van der Waals surface area contributed by atoms with E-state index < -0.39 is 0 Å². The second kappa shape index (κ2) is 4.36. The molecule has 0 bridgehead atoms. The summed E-state index contributed by atoms with van der Waals surface area (Å²) in [6.07, 6.45) is 2.15. The Labute approximate surface area is 101 Å². The molecule has 0 atom stereocenters. The third-order valence-electron chi connectivity index (χ3n) is 3.25. The summed E-state index contributed by atoms with van der Waals surface area (Å²) in [5, 5.41) is 1.05. The van der Waals surface area contributed by atoms with Gasteiger partial charge in [0.25, 0.3) is 0 Å². The molecule has 2 aromatic rings. The monoisotopic (exact) mass is 230 g/mol. The van der Waals surface area contributed by atoms with E-state index in [9.17, 15) is 4.79 Å². The zero-order valence-corrected chi connectivity index (χ0v) is 10.6. The molecule has 0 radical (unpaired) electrons. The van der Waals surface area contributed by atoms with E-state index in [1.165, 1.54) is 0 Å². The first-order chi connectivity index (χ1) is 8.04. The quantitative estimate of drug-likeness (QED) is 0.749. The number of hydrogen-bond acceptors (Lipinski definition) is 2. The molecule has 0 saturated carbocycles. The SMILES string of the molecule is CCCC(C)(C)c1cc(=O)oc2ccccc12. The number of benzene rings is 1. The molecule has 1 heterocycles. The summed E-state index contributed by atoms with van der Waals surface area (Å²) >= 11 is 0. The maximum Gasteiger partial charge on any atom is 0.336 e. The Bertz CT molecular complexity index is 579. The molecular weight excluding hydrogens is 212 g/mol. The Hall–Kier alpha value is -1.57. The fourth-order valence-corrected chi connectivity index (χ4v) is 2.43. The predicted octanol–water partition coefficient (Wildman–Crippen LogP) is 3.87. The van der Waals surface area contributed by atoms with Gasteiger partial charge in [-0.2, -0.15) is 0 Å². The lowest BCUT2D eigenvalue weighted by Gasteiger charge is -2.25. The van der Waals surface area contributed by atoms with Gasteiger partial charge in [-0.05, 0) is 23.5 Å². The Balaban J connectivity index is 2.72. The lowest BCUT2D eigenvalue weighted by atomic mass is 9.79. The zero-order valence-electron chi connectivity index (χ0n) is 10.6. The lowest BCUT2D eigenvalue weighted by Crippen LogP contribution is -2.19. The van der Waals surface area contributed by atoms with Crippen LogP contribution in [0.1, 0.15) is 39.2 Å². The maximum absolute atomic E-state index is 11.6. The molecule has 2 heteroatoms. The van der Waals surface area contributed by atoms with Gasteiger partial charge >= 0.3 is 5.63 Å². The summed E-state index contributed by atoms with van der Waals surface area (Å²) in [4.78, 5) is 11.6. The van der Waals surface area contributed by atoms with E-state index in [0.717, 1.165) is 23.8 Å². The van der Waals surface area contributed by atoms with Crippen LogP contribution in [-0.2, 0) is 5.41 Å². The van der Waals surface area contributed by atoms with Gasteiger partial charge < -0.3 is 4.42 Å². The summed E-state index contributed by atoms with van der Waals surface area (Å²) in [5.41, 5.74) is 1.51. The van der Waals surface area contributed by atoms with Crippen LogP contribution in [0.15, 0.2) is 39.5 Å². The third kappa shape index (κ3) is 2.26. The number of fused-ring (bicyclic) bond motifs is 1. The van der Waals surface area contributed by atoms with Gasteiger partial charge in [0.2, 0.25) is 0 Å². The predicted molar refractivity (Wildman–Crippen MR) is 70.4 cm³/mol. The maximum atomic E-state index is 11.6. The van der Waals surface area contributed by atoms with Crippen LogP contribution in [-0.4, -0.2) is 0 Å². The highest BCUT2D eigenvalue weighted by Gasteiger charge is 2.23. The van der Waals surface area contributed by atoms with Crippen molar-refractivity contribution < 1.29 is 4.42 Å². The molecule has 0 aliphatic heterocycles. The number of hydrogen-bond donors (Lipinski definition) is 0. The van der Waals surface area contributed by atoms with Gasteiger partial charge in [0, 0.05) is 11.5 Å². The van der Waals surface area contributed by atoms with Crippen LogP contribution in [0.25, 0.3) is 11.0 Å². The van der Waals surface area contributed by atoms with Crippen LogP contribution < -0.4 is 5.63 Å². The van der Waals surface area contributed by atoms with Gasteiger partial charge in [-0.1, -0.05) is 45.4 Å². The van der Waals surface area contributed by atoms with Crippen molar-refractivity contribution >= 4 is 11.0 Å². The second-order valence-electron chi connectivity index (χ2n) is 5.11. The minimum absolute atomic E-state index is 0.00426. The van der Waals surface area contributed by atoms with Gasteiger partial charge in [0.05, 0.1) is 0 Å². The molecule has 90 valence electrons. The highest BCUT2D eigenvalue weighted by Crippen LogP contribution is 2.32. The molecule has 0 aliphatic rings. The van der Waals surface area contributed by atoms with Crippen molar-refractivity contribution in [2.24, 2.45) is 0 Å². The van der Waals surface area contributed by atoms with E-state index in [0.29, 0.717) is 5.58 Å². The standard InChI is InChI=1S/C15H18O2/c1-4-9-15(2,3)12-10-14(16)17-13-8-6-5-7-11(12)13/h5-8,10H,4,9H2,1-3H3. The van der Waals surface area contributed by atoms with Crippen molar-refractivity contribution in [2.75, 3.05) is 0 Å². The van der Waals surface area contributed by atoms with Crippen molar-refractivity contribution in [2.45, 2.75) is 39.0 Å². The molecule has 0 N–H and O–H groups in total. The fourth-order valence-electron chi connectivity index (χ4n) is 2.43. The van der Waals surface area contributed by atoms with E-state index in [-0.39, 0.29) is 11.0 Å². The third-order valence-corrected chi connectivity index (χ3v) is 3.25. The largest absolute Gasteiger partial charge is 0.423 e. The summed E-state index contributed by atoms with van der Waals surface area (Å²) in [7, 11) is 0. The molecule has 0 fully saturated rings. The van der Waals surface area contributed by atoms with E-state index in [2.05, 4.69) is 20.8 Å². The van der Waals surface area contributed by atoms with Gasteiger partial charge in [-0.25, -0.2) is 4.79 Å². The van der Waals surface area contributed by atoms with Crippen LogP contribution in [0.4, 0.5) is 0 Å². The molecule has 0 spiro atoms. The van der Waals surface area contributed by atoms with Crippen molar-refractivity contribution in [3.8, 4) is 0 Å². The minimum atomic E-state index is -0.261. The van der Waals surface area contributed by atoms with E-state index >= 15 is 0 Å². The highest BCUT2D eigenvalue weighted by atomic mass is 16.4. The number of rotatable bonds is 3. The van der Waals surface area contributed by atoms with Crippen molar-refractivity contribution in [3.05, 3.63) is 46.3 Å². The first-order valence-electron chi connectivity index (χ1n) is 6.08. The topological polar surface area (TPSA) is 30.2 Å². The van der Waals surface area contributed by atoms with Gasteiger partial charge in [-0.15, -0.1) is 0 Å². The summed E-state index contributed by atoms with van der Waals surface area (Å²) in [6, 6.07) is 9.38. The highest BCUT2D eigenvalue weighted by molar-refractivity contribution is 5.81. The molecule has 0 amide bonds. The lowest BCUT2D eigenvalue weighted by molar-refractivity contribution is 0.468. The van der Waals surface area contributed by atoms with Crippen LogP contribution >= 0.6 is 0 Å². The fraction of sp³-hybridized carbons (Fsp3) is 0.400. The Morgan fingerprint density at radius 3 is 2.65 bits per heavy atom. The van der Waals surface area contributed by atoms with Gasteiger partial charge in [0.1, 0.15) is 5.58 Å². The van der Waals surface area contributed by atoms with Crippen LogP contribution in [0, 0.1) is 0 Å². The molecule has 2 rings (SSSR count). The Morgan fingerprint density at radius 1 is 1.24 bits per heavy atom. The zero-order chi connectivity index (χ0) is 12.5. The van der Waals surface area contributed by atoms with Crippen molar-refractivity contribution in [3.63, 3.8) is 0 Å². The second-order valence-corrected chi connectivity index (χ2v) is 5.11. The summed E-state index contributed by atoms with van der Waals surface area (Å²) in [6.45, 7) is 6.52. The first-order valence-corrected chi connectivity index (χ1v) is 6.08. The van der Waals surface area contributed by atoms with E-state index in [1.807, 2.05) is 24.3 Å². The molecule has 2 nitrogen and oxygen atoms in total. The van der Waals surface area contributed by atoms with Crippen molar-refractivity contribution in [1.29, 1.82) is 0 Å². The van der Waals surface area contributed by atoms with Crippen LogP contribution in [0.5, 0.6) is 0 Å². The minimum Gasteiger partial charge on any atom is -0.423 e. The van der Waals surface area contributed by atoms with Crippen molar-refractivity contribution in [1.82, 2.24) is 0 Å². The molecule has 0 unspecified atom stereocenters. The first kappa shape index (κ1) is 11.9. The molecule has 17 heavy (non-hydrogen) atoms. The molecule has 0 aliphatic carbocycles. The molecule has 1 aromatic carbocycles. The van der Waals surface area contributed by atoms with E-state index in [1.54, 1.807) is 6.07 Å². The summed E-state index contributed by atoms with van der Waals surface area (Å²) < 4.78 is 5.22. The number of para-hydroxylation sites is 1. The van der Waals surface area contributed by atoms with Gasteiger partial charge in [-0.3, -0.25) is 0 Å². The summed E-state index contributed by atoms with van der Waals surface area (Å²) in [5.74, 6) is 0. The molecular formula is C15H18O2. The van der Waals surface area contributed by atoms with Gasteiger partial charge in [0.15, 0.2) is 0 Å². The molecule has 1 aromatic heterocycles. The van der Waals surface area contributed by atoms with Crippen LogP contribution in [0.3, 0.4) is 0 Å². The van der Waals surface area contributed by atoms with E-state index in [4.69, 9.17) is 4.42 Å². The smallest absolute Gasteiger partial charge is 0.336 e. The average Bonchev–Trinajstić information content (AvgIpc) is 2.27. The Kier molecular flexibility index (Phi) is 3.05. The molecule has 0 saturated heterocycles. The van der Waals surface area contributed by atoms with Crippen LogP contribution in [0.2, 0.25) is 0 Å². The average molecular weight is 230 g/mol. The Morgan fingerprint density at radius 2 is 1.94 bits per heavy atom. The normalized spacial score (nSPS) is 11.9.